The summed E-state index contributed by atoms with van der Waals surface area (Å²) in [5.41, 5.74) is 1.85. The second-order valence-corrected chi connectivity index (χ2v) is 6.97. The van der Waals surface area contributed by atoms with Crippen LogP contribution in [0.4, 0.5) is 4.39 Å². The summed E-state index contributed by atoms with van der Waals surface area (Å²) in [7, 11) is 1.84. The van der Waals surface area contributed by atoms with Gasteiger partial charge >= 0.3 is 0 Å². The molecule has 114 valence electrons. The maximum atomic E-state index is 13.5. The number of hydrogen-bond donors (Lipinski definition) is 2. The molecule has 0 saturated carbocycles. The molecule has 3 nitrogen and oxygen atoms in total. The van der Waals surface area contributed by atoms with Crippen LogP contribution in [0.5, 0.6) is 5.75 Å². The zero-order chi connectivity index (χ0) is 15.7. The molecule has 0 aliphatic rings. The fourth-order valence-electron chi connectivity index (χ4n) is 2.29. The van der Waals surface area contributed by atoms with Crippen LogP contribution in [0, 0.1) is 9.52 Å². The largest absolute Gasteiger partial charge is 0.508 e. The van der Waals surface area contributed by atoms with Crippen molar-refractivity contribution in [2.45, 2.75) is 11.4 Å². The van der Waals surface area contributed by atoms with Gasteiger partial charge in [0.25, 0.3) is 0 Å². The lowest BCUT2D eigenvalue weighted by molar-refractivity contribution is 0.476. The van der Waals surface area contributed by atoms with E-state index >= 15 is 0 Å². The number of phenols is 1. The Balaban J connectivity index is 2.06. The van der Waals surface area contributed by atoms with Crippen molar-refractivity contribution in [3.05, 3.63) is 57.5 Å². The van der Waals surface area contributed by atoms with Gasteiger partial charge in [-0.1, -0.05) is 0 Å². The summed E-state index contributed by atoms with van der Waals surface area (Å²) in [4.78, 5) is 0.981. The number of hydrogen-bond acceptors (Lipinski definition) is 3. The summed E-state index contributed by atoms with van der Waals surface area (Å²) >= 11 is 3.79. The fourth-order valence-corrected chi connectivity index (χ4v) is 4.15. The second kappa shape index (κ2) is 6.47. The molecule has 3 aromatic rings. The molecule has 0 amide bonds. The molecule has 0 unspecified atom stereocenters. The molecule has 0 atom stereocenters. The molecule has 2 aromatic carbocycles. The summed E-state index contributed by atoms with van der Waals surface area (Å²) < 4.78 is 16.5. The van der Waals surface area contributed by atoms with Gasteiger partial charge in [-0.2, -0.15) is 0 Å². The van der Waals surface area contributed by atoms with Crippen molar-refractivity contribution in [3.63, 3.8) is 0 Å². The topological polar surface area (TPSA) is 37.2 Å². The Morgan fingerprint density at radius 3 is 2.82 bits per heavy atom. The van der Waals surface area contributed by atoms with Crippen molar-refractivity contribution >= 4 is 45.4 Å². The first-order valence-electron chi connectivity index (χ1n) is 6.70. The Hall–Kier alpha value is -1.25. The number of rotatable bonds is 4. The highest BCUT2D eigenvalue weighted by Crippen LogP contribution is 2.34. The van der Waals surface area contributed by atoms with Crippen molar-refractivity contribution in [1.29, 1.82) is 0 Å². The number of fused-ring (bicyclic) bond motifs is 1. The molecule has 6 heteroatoms. The maximum absolute atomic E-state index is 13.5. The van der Waals surface area contributed by atoms with E-state index in [0.29, 0.717) is 6.54 Å². The van der Waals surface area contributed by atoms with Crippen LogP contribution in [0.25, 0.3) is 10.9 Å². The molecule has 22 heavy (non-hydrogen) atoms. The molecule has 0 spiro atoms. The molecular weight excluding hydrogens is 414 g/mol. The van der Waals surface area contributed by atoms with Crippen LogP contribution < -0.4 is 5.32 Å². The van der Waals surface area contributed by atoms with Gasteiger partial charge in [0.2, 0.25) is 0 Å². The average Bonchev–Trinajstić information content (AvgIpc) is 2.78. The van der Waals surface area contributed by atoms with E-state index in [0.717, 1.165) is 25.1 Å². The van der Waals surface area contributed by atoms with Crippen molar-refractivity contribution in [2.24, 2.45) is 0 Å². The zero-order valence-electron chi connectivity index (χ0n) is 11.8. The molecule has 0 aliphatic heterocycles. The Morgan fingerprint density at radius 1 is 1.23 bits per heavy atom. The minimum atomic E-state index is -0.237. The first kappa shape index (κ1) is 15.6. The van der Waals surface area contributed by atoms with E-state index in [2.05, 4.69) is 34.0 Å². The first-order valence-corrected chi connectivity index (χ1v) is 8.55. The lowest BCUT2D eigenvalue weighted by atomic mass is 10.2. The van der Waals surface area contributed by atoms with Crippen LogP contribution in [-0.2, 0) is 6.54 Å². The van der Waals surface area contributed by atoms with Gasteiger partial charge in [-0.15, -0.1) is 0 Å². The average molecular weight is 428 g/mol. The molecule has 0 bridgehead atoms. The highest BCUT2D eigenvalue weighted by molar-refractivity contribution is 14.1. The molecule has 3 rings (SSSR count). The lowest BCUT2D eigenvalue weighted by Gasteiger charge is -2.11. The van der Waals surface area contributed by atoms with Crippen LogP contribution in [0.15, 0.2) is 47.4 Å². The molecule has 1 aromatic heterocycles. The Morgan fingerprint density at radius 2 is 2.05 bits per heavy atom. The van der Waals surface area contributed by atoms with Crippen molar-refractivity contribution in [1.82, 2.24) is 9.29 Å². The Bertz CT molecular complexity index is 834. The molecule has 0 aliphatic carbocycles. The minimum Gasteiger partial charge on any atom is -0.508 e. The van der Waals surface area contributed by atoms with E-state index < -0.39 is 0 Å². The Labute approximate surface area is 145 Å². The third-order valence-electron chi connectivity index (χ3n) is 3.28. The maximum Gasteiger partial charge on any atom is 0.123 e. The molecule has 2 N–H and O–H groups in total. The van der Waals surface area contributed by atoms with E-state index in [9.17, 15) is 9.50 Å². The molecule has 1 heterocycles. The van der Waals surface area contributed by atoms with Crippen molar-refractivity contribution in [3.8, 4) is 5.75 Å². The summed E-state index contributed by atoms with van der Waals surface area (Å²) in [5, 5.41) is 13.8. The standard InChI is InChI=1S/C16H14FIN2OS/c1-19-9-11-6-12(17)3-5-15(11)22-20-14-8-13(21)4-2-10(14)7-16(20)18/h2-8,19,21H,9H2,1H3. The summed E-state index contributed by atoms with van der Waals surface area (Å²) in [6.07, 6.45) is 0. The minimum absolute atomic E-state index is 0.235. The quantitative estimate of drug-likeness (QED) is 0.607. The van der Waals surface area contributed by atoms with Gasteiger partial charge in [0.05, 0.1) is 9.22 Å². The highest BCUT2D eigenvalue weighted by Gasteiger charge is 2.12. The van der Waals surface area contributed by atoms with Crippen LogP contribution in [0.2, 0.25) is 0 Å². The third kappa shape index (κ3) is 3.09. The monoisotopic (exact) mass is 428 g/mol. The van der Waals surface area contributed by atoms with Crippen LogP contribution >= 0.6 is 34.5 Å². The van der Waals surface area contributed by atoms with E-state index in [4.69, 9.17) is 0 Å². The number of phenolic OH excluding ortho intramolecular Hbond substituents is 1. The number of aromatic nitrogens is 1. The third-order valence-corrected chi connectivity index (χ3v) is 5.57. The second-order valence-electron chi connectivity index (χ2n) is 4.88. The molecule has 0 fully saturated rings. The zero-order valence-corrected chi connectivity index (χ0v) is 14.8. The lowest BCUT2D eigenvalue weighted by Crippen LogP contribution is -2.07. The number of benzene rings is 2. The fraction of sp³-hybridized carbons (Fsp3) is 0.125. The summed E-state index contributed by atoms with van der Waals surface area (Å²) in [5.74, 6) is -0.00212. The summed E-state index contributed by atoms with van der Waals surface area (Å²) in [6.45, 7) is 0.598. The molecular formula is C16H14FIN2OS. The van der Waals surface area contributed by atoms with E-state index in [-0.39, 0.29) is 11.6 Å². The number of aromatic hydroxyl groups is 1. The van der Waals surface area contributed by atoms with Gasteiger partial charge in [-0.25, -0.2) is 4.39 Å². The van der Waals surface area contributed by atoms with Gasteiger partial charge in [-0.05, 0) is 83.5 Å². The van der Waals surface area contributed by atoms with Gasteiger partial charge in [0.1, 0.15) is 11.6 Å². The summed E-state index contributed by atoms with van der Waals surface area (Å²) in [6, 6.07) is 12.2. The van der Waals surface area contributed by atoms with Crippen molar-refractivity contribution in [2.75, 3.05) is 7.05 Å². The molecule has 0 saturated heterocycles. The number of nitrogens with one attached hydrogen (secondary N) is 1. The Kier molecular flexibility index (Phi) is 4.60. The van der Waals surface area contributed by atoms with Crippen LogP contribution in [-0.4, -0.2) is 16.1 Å². The van der Waals surface area contributed by atoms with E-state index in [1.165, 1.54) is 18.0 Å². The van der Waals surface area contributed by atoms with E-state index in [1.807, 2.05) is 17.1 Å². The SMILES string of the molecule is CNCc1cc(F)ccc1Sn1c(I)cc2ccc(O)cc21. The highest BCUT2D eigenvalue weighted by atomic mass is 127. The van der Waals surface area contributed by atoms with Gasteiger partial charge in [0.15, 0.2) is 0 Å². The molecule has 0 radical (unpaired) electrons. The van der Waals surface area contributed by atoms with E-state index in [1.54, 1.807) is 24.3 Å². The smallest absolute Gasteiger partial charge is 0.123 e. The van der Waals surface area contributed by atoms with Crippen molar-refractivity contribution < 1.29 is 9.50 Å². The predicted octanol–water partition coefficient (Wildman–Crippen LogP) is 4.37. The van der Waals surface area contributed by atoms with Gasteiger partial charge in [0, 0.05) is 22.9 Å². The van der Waals surface area contributed by atoms with Crippen LogP contribution in [0.1, 0.15) is 5.56 Å². The first-order chi connectivity index (χ1) is 10.6. The predicted molar refractivity (Wildman–Crippen MR) is 96.7 cm³/mol. The van der Waals surface area contributed by atoms with Gasteiger partial charge in [-0.3, -0.25) is 3.97 Å². The number of halogens is 2. The normalized spacial score (nSPS) is 11.2. The number of nitrogens with zero attached hydrogens (tertiary/aromatic N) is 1. The van der Waals surface area contributed by atoms with Crippen LogP contribution in [0.3, 0.4) is 0 Å². The van der Waals surface area contributed by atoms with Gasteiger partial charge < -0.3 is 10.4 Å².